The second-order valence-corrected chi connectivity index (χ2v) is 5.07. The van der Waals surface area contributed by atoms with Crippen molar-refractivity contribution in [2.45, 2.75) is 43.8 Å². The Kier molecular flexibility index (Phi) is 6.26. The molecular weight excluding hydrogens is 208 g/mol. The lowest BCUT2D eigenvalue weighted by Gasteiger charge is -2.20. The first-order valence-electron chi connectivity index (χ1n) is 5.61. The quantitative estimate of drug-likeness (QED) is 0.730. The first kappa shape index (κ1) is 12.4. The molecule has 3 nitrogen and oxygen atoms in total. The summed E-state index contributed by atoms with van der Waals surface area (Å²) in [4.78, 5) is 11.6. The lowest BCUT2D eigenvalue weighted by molar-refractivity contribution is -0.120. The largest absolute Gasteiger partial charge is 0.355 e. The predicted octanol–water partition coefficient (Wildman–Crippen LogP) is 2.08. The summed E-state index contributed by atoms with van der Waals surface area (Å²) >= 11 is 1.78. The van der Waals surface area contributed by atoms with Crippen LogP contribution in [0, 0.1) is 11.3 Å². The van der Waals surface area contributed by atoms with Crippen LogP contribution >= 0.6 is 11.8 Å². The zero-order valence-electron chi connectivity index (χ0n) is 9.00. The summed E-state index contributed by atoms with van der Waals surface area (Å²) in [6.07, 6.45) is 5.84. The third kappa shape index (κ3) is 5.08. The highest BCUT2D eigenvalue weighted by atomic mass is 32.2. The smallest absolute Gasteiger partial charge is 0.233 e. The highest BCUT2D eigenvalue weighted by Crippen LogP contribution is 2.24. The minimum atomic E-state index is 0.176. The molecule has 0 bridgehead atoms. The van der Waals surface area contributed by atoms with E-state index in [4.69, 9.17) is 5.26 Å². The molecule has 0 aromatic rings. The number of nitriles is 1. The molecule has 1 saturated heterocycles. The topological polar surface area (TPSA) is 52.9 Å². The summed E-state index contributed by atoms with van der Waals surface area (Å²) in [7, 11) is 0. The number of nitrogens with one attached hydrogen (secondary N) is 1. The molecule has 0 saturated carbocycles. The van der Waals surface area contributed by atoms with Gasteiger partial charge < -0.3 is 5.32 Å². The van der Waals surface area contributed by atoms with Crippen molar-refractivity contribution in [3.8, 4) is 6.07 Å². The van der Waals surface area contributed by atoms with E-state index in [-0.39, 0.29) is 11.2 Å². The van der Waals surface area contributed by atoms with Gasteiger partial charge >= 0.3 is 0 Å². The zero-order valence-corrected chi connectivity index (χ0v) is 9.81. The molecule has 1 unspecified atom stereocenters. The third-order valence-corrected chi connectivity index (χ3v) is 3.86. The van der Waals surface area contributed by atoms with Gasteiger partial charge in [0.2, 0.25) is 5.91 Å². The second kappa shape index (κ2) is 7.58. The Morgan fingerprint density at radius 3 is 3.00 bits per heavy atom. The molecule has 1 atom stereocenters. The molecule has 1 aliphatic rings. The molecule has 0 aliphatic carbocycles. The number of carbonyl (C=O) groups excluding carboxylic acids is 1. The molecule has 1 rings (SSSR count). The Labute approximate surface area is 95.6 Å². The van der Waals surface area contributed by atoms with Crippen LogP contribution in [-0.4, -0.2) is 23.5 Å². The van der Waals surface area contributed by atoms with Crippen LogP contribution in [0.15, 0.2) is 0 Å². The highest BCUT2D eigenvalue weighted by Gasteiger charge is 2.20. The van der Waals surface area contributed by atoms with E-state index >= 15 is 0 Å². The van der Waals surface area contributed by atoms with Crippen molar-refractivity contribution >= 4 is 17.7 Å². The van der Waals surface area contributed by atoms with Gasteiger partial charge in [-0.1, -0.05) is 6.42 Å². The lowest BCUT2D eigenvalue weighted by Crippen LogP contribution is -2.34. The minimum absolute atomic E-state index is 0.176. The minimum Gasteiger partial charge on any atom is -0.355 e. The second-order valence-electron chi connectivity index (χ2n) is 3.76. The molecule has 1 fully saturated rings. The Balaban J connectivity index is 2.05. The molecule has 4 heteroatoms. The lowest BCUT2D eigenvalue weighted by atomic mass is 10.2. The fourth-order valence-corrected chi connectivity index (χ4v) is 2.83. The summed E-state index contributed by atoms with van der Waals surface area (Å²) in [5, 5.41) is 11.5. The molecule has 0 aromatic heterocycles. The maximum absolute atomic E-state index is 11.6. The van der Waals surface area contributed by atoms with E-state index in [0.717, 1.165) is 31.6 Å². The van der Waals surface area contributed by atoms with Gasteiger partial charge in [0.25, 0.3) is 0 Å². The van der Waals surface area contributed by atoms with Gasteiger partial charge in [-0.2, -0.15) is 5.26 Å². The van der Waals surface area contributed by atoms with Crippen molar-refractivity contribution in [3.05, 3.63) is 0 Å². The van der Waals surface area contributed by atoms with Gasteiger partial charge in [-0.25, -0.2) is 0 Å². The van der Waals surface area contributed by atoms with E-state index in [1.54, 1.807) is 11.8 Å². The summed E-state index contributed by atoms with van der Waals surface area (Å²) < 4.78 is 0. The van der Waals surface area contributed by atoms with Gasteiger partial charge in [-0.3, -0.25) is 4.79 Å². The monoisotopic (exact) mass is 226 g/mol. The van der Waals surface area contributed by atoms with E-state index in [9.17, 15) is 4.79 Å². The number of hydrogen-bond donors (Lipinski definition) is 1. The molecule has 1 aliphatic heterocycles. The molecule has 0 aromatic carbocycles. The van der Waals surface area contributed by atoms with Crippen LogP contribution in [0.4, 0.5) is 0 Å². The van der Waals surface area contributed by atoms with Crippen LogP contribution in [0.5, 0.6) is 0 Å². The summed E-state index contributed by atoms with van der Waals surface area (Å²) in [5.41, 5.74) is 0. The van der Waals surface area contributed by atoms with Gasteiger partial charge in [0, 0.05) is 13.0 Å². The number of rotatable bonds is 5. The molecule has 1 heterocycles. The van der Waals surface area contributed by atoms with E-state index in [1.165, 1.54) is 12.8 Å². The molecular formula is C11H18N2OS. The van der Waals surface area contributed by atoms with Crippen molar-refractivity contribution in [2.24, 2.45) is 0 Å². The van der Waals surface area contributed by atoms with Gasteiger partial charge in [0.15, 0.2) is 0 Å². The van der Waals surface area contributed by atoms with E-state index < -0.39 is 0 Å². The number of carbonyl (C=O) groups is 1. The van der Waals surface area contributed by atoms with Gasteiger partial charge in [0.1, 0.15) is 0 Å². The van der Waals surface area contributed by atoms with Crippen LogP contribution < -0.4 is 5.32 Å². The molecule has 1 amide bonds. The maximum atomic E-state index is 11.6. The van der Waals surface area contributed by atoms with Gasteiger partial charge in [-0.05, 0) is 31.4 Å². The number of unbranched alkanes of at least 4 members (excludes halogenated alkanes) is 2. The van der Waals surface area contributed by atoms with Crippen molar-refractivity contribution in [1.29, 1.82) is 5.26 Å². The summed E-state index contributed by atoms with van der Waals surface area (Å²) in [6.45, 7) is 0.720. The number of nitrogens with zero attached hydrogens (tertiary/aromatic N) is 1. The fourth-order valence-electron chi connectivity index (χ4n) is 1.60. The number of thioether (sulfide) groups is 1. The molecule has 84 valence electrons. The Hall–Kier alpha value is -0.690. The Bertz CT molecular complexity index is 231. The van der Waals surface area contributed by atoms with E-state index in [0.29, 0.717) is 6.42 Å². The average molecular weight is 226 g/mol. The summed E-state index contributed by atoms with van der Waals surface area (Å²) in [5.74, 6) is 1.31. The van der Waals surface area contributed by atoms with Crippen molar-refractivity contribution in [1.82, 2.24) is 5.32 Å². The van der Waals surface area contributed by atoms with Gasteiger partial charge in [-0.15, -0.1) is 11.8 Å². The summed E-state index contributed by atoms with van der Waals surface area (Å²) in [6, 6.07) is 2.10. The van der Waals surface area contributed by atoms with Crippen molar-refractivity contribution in [3.63, 3.8) is 0 Å². The fraction of sp³-hybridized carbons (Fsp3) is 0.818. The number of amides is 1. The standard InChI is InChI=1S/C11H18N2OS/c12-7-3-1-4-8-13-11(14)10-6-2-5-9-15-10/h10H,1-6,8-9H2,(H,13,14). The molecule has 0 radical (unpaired) electrons. The van der Waals surface area contributed by atoms with Gasteiger partial charge in [0.05, 0.1) is 11.3 Å². The zero-order chi connectivity index (χ0) is 10.9. The highest BCUT2D eigenvalue weighted by molar-refractivity contribution is 8.00. The van der Waals surface area contributed by atoms with Crippen LogP contribution in [0.3, 0.4) is 0 Å². The maximum Gasteiger partial charge on any atom is 0.233 e. The van der Waals surface area contributed by atoms with E-state index in [2.05, 4.69) is 11.4 Å². The normalized spacial score (nSPS) is 20.6. The molecule has 0 spiro atoms. The average Bonchev–Trinajstić information content (AvgIpc) is 2.30. The first-order chi connectivity index (χ1) is 7.34. The Morgan fingerprint density at radius 1 is 1.47 bits per heavy atom. The van der Waals surface area contributed by atoms with Crippen LogP contribution in [0.2, 0.25) is 0 Å². The van der Waals surface area contributed by atoms with Crippen LogP contribution in [0.1, 0.15) is 38.5 Å². The number of hydrogen-bond acceptors (Lipinski definition) is 3. The van der Waals surface area contributed by atoms with Crippen LogP contribution in [0.25, 0.3) is 0 Å². The predicted molar refractivity (Wildman–Crippen MR) is 62.6 cm³/mol. The Morgan fingerprint density at radius 2 is 2.33 bits per heavy atom. The van der Waals surface area contributed by atoms with Crippen molar-refractivity contribution < 1.29 is 4.79 Å². The van der Waals surface area contributed by atoms with Crippen molar-refractivity contribution in [2.75, 3.05) is 12.3 Å². The third-order valence-electron chi connectivity index (χ3n) is 2.49. The van der Waals surface area contributed by atoms with E-state index in [1.807, 2.05) is 0 Å². The molecule has 15 heavy (non-hydrogen) atoms. The SMILES string of the molecule is N#CCCCCNC(=O)C1CCCCS1. The van der Waals surface area contributed by atoms with Crippen LogP contribution in [-0.2, 0) is 4.79 Å². The first-order valence-corrected chi connectivity index (χ1v) is 6.65. The molecule has 1 N–H and O–H groups in total.